The topological polar surface area (TPSA) is 76.2 Å². The van der Waals surface area contributed by atoms with E-state index < -0.39 is 0 Å². The number of esters is 1. The average Bonchev–Trinajstić information content (AvgIpc) is 2.67. The van der Waals surface area contributed by atoms with Gasteiger partial charge >= 0.3 is 5.97 Å². The van der Waals surface area contributed by atoms with Crippen molar-refractivity contribution in [2.75, 3.05) is 6.61 Å². The van der Waals surface area contributed by atoms with Crippen molar-refractivity contribution >= 4 is 11.8 Å². The highest BCUT2D eigenvalue weighted by Gasteiger charge is 2.41. The second-order valence-electron chi connectivity index (χ2n) is 6.96. The zero-order chi connectivity index (χ0) is 18.5. The summed E-state index contributed by atoms with van der Waals surface area (Å²) in [7, 11) is 0. The molecule has 4 nitrogen and oxygen atoms in total. The van der Waals surface area contributed by atoms with Crippen molar-refractivity contribution in [1.29, 1.82) is 5.41 Å². The fourth-order valence-corrected chi connectivity index (χ4v) is 3.88. The fourth-order valence-electron chi connectivity index (χ4n) is 3.88. The van der Waals surface area contributed by atoms with Crippen molar-refractivity contribution in [3.63, 3.8) is 0 Å². The van der Waals surface area contributed by atoms with Crippen molar-refractivity contribution in [3.05, 3.63) is 71.3 Å². The quantitative estimate of drug-likeness (QED) is 0.466. The van der Waals surface area contributed by atoms with E-state index in [4.69, 9.17) is 15.9 Å². The van der Waals surface area contributed by atoms with Crippen LogP contribution in [0, 0.1) is 11.3 Å². The molecule has 3 atom stereocenters. The molecular weight excluding hydrogens is 324 g/mol. The van der Waals surface area contributed by atoms with Crippen LogP contribution in [0.4, 0.5) is 0 Å². The van der Waals surface area contributed by atoms with Crippen LogP contribution in [0.25, 0.3) is 0 Å². The van der Waals surface area contributed by atoms with Crippen molar-refractivity contribution in [3.8, 4) is 0 Å². The Labute approximate surface area is 154 Å². The Morgan fingerprint density at radius 1 is 1.12 bits per heavy atom. The average molecular weight is 350 g/mol. The summed E-state index contributed by atoms with van der Waals surface area (Å²) in [5, 5.41) is 7.57. The van der Waals surface area contributed by atoms with E-state index in [1.54, 1.807) is 0 Å². The Morgan fingerprint density at radius 3 is 2.42 bits per heavy atom. The zero-order valence-corrected chi connectivity index (χ0v) is 15.2. The second-order valence-corrected chi connectivity index (χ2v) is 6.96. The highest BCUT2D eigenvalue weighted by molar-refractivity contribution is 5.94. The molecule has 0 bridgehead atoms. The maximum atomic E-state index is 12.5. The lowest BCUT2D eigenvalue weighted by atomic mass is 9.71. The lowest BCUT2D eigenvalue weighted by Crippen LogP contribution is -2.37. The molecule has 2 aromatic rings. The Balaban J connectivity index is 1.98. The number of cyclic esters (lactones) is 1. The molecule has 4 heteroatoms. The van der Waals surface area contributed by atoms with Gasteiger partial charge in [-0.15, -0.1) is 0 Å². The highest BCUT2D eigenvalue weighted by atomic mass is 16.5. The van der Waals surface area contributed by atoms with Crippen LogP contribution in [-0.2, 0) is 9.53 Å². The Bertz CT molecular complexity index is 755. The van der Waals surface area contributed by atoms with Crippen LogP contribution in [0.5, 0.6) is 0 Å². The summed E-state index contributed by atoms with van der Waals surface area (Å²) in [6.07, 6.45) is 2.92. The largest absolute Gasteiger partial charge is 0.465 e. The van der Waals surface area contributed by atoms with Crippen molar-refractivity contribution < 1.29 is 9.53 Å². The predicted molar refractivity (Wildman–Crippen MR) is 103 cm³/mol. The maximum Gasteiger partial charge on any atom is 0.309 e. The van der Waals surface area contributed by atoms with E-state index in [-0.39, 0.29) is 29.6 Å². The summed E-state index contributed by atoms with van der Waals surface area (Å²) in [5.41, 5.74) is 8.59. The number of rotatable bonds is 6. The second kappa shape index (κ2) is 8.17. The summed E-state index contributed by atoms with van der Waals surface area (Å²) < 4.78 is 5.58. The lowest BCUT2D eigenvalue weighted by Gasteiger charge is -2.37. The number of nitrogen functional groups attached to an aromatic ring is 1. The summed E-state index contributed by atoms with van der Waals surface area (Å²) in [6.45, 7) is 2.53. The number of amidine groups is 1. The van der Waals surface area contributed by atoms with Crippen LogP contribution in [0.1, 0.15) is 54.7 Å². The first-order chi connectivity index (χ1) is 12.6. The number of carbonyl (C=O) groups excluding carboxylic acids is 1. The van der Waals surface area contributed by atoms with E-state index in [0.29, 0.717) is 12.2 Å². The molecule has 0 spiro atoms. The van der Waals surface area contributed by atoms with Gasteiger partial charge in [0.1, 0.15) is 5.84 Å². The van der Waals surface area contributed by atoms with Crippen LogP contribution in [0.15, 0.2) is 54.6 Å². The Morgan fingerprint density at radius 2 is 1.81 bits per heavy atom. The molecule has 3 rings (SSSR count). The summed E-state index contributed by atoms with van der Waals surface area (Å²) in [5.74, 6) is 0.0738. The number of nitrogens with one attached hydrogen (secondary N) is 1. The minimum atomic E-state index is -0.122. The third kappa shape index (κ3) is 3.79. The third-order valence-corrected chi connectivity index (χ3v) is 5.28. The van der Waals surface area contributed by atoms with Gasteiger partial charge in [0.25, 0.3) is 0 Å². The molecule has 0 aliphatic carbocycles. The molecule has 1 heterocycles. The van der Waals surface area contributed by atoms with Crippen LogP contribution in [0.2, 0.25) is 0 Å². The Kier molecular flexibility index (Phi) is 5.71. The molecule has 0 amide bonds. The maximum absolute atomic E-state index is 12.5. The van der Waals surface area contributed by atoms with Gasteiger partial charge in [-0.3, -0.25) is 10.2 Å². The van der Waals surface area contributed by atoms with Gasteiger partial charge in [0.05, 0.1) is 12.5 Å². The molecule has 0 radical (unpaired) electrons. The van der Waals surface area contributed by atoms with Gasteiger partial charge in [0.2, 0.25) is 0 Å². The van der Waals surface area contributed by atoms with E-state index in [2.05, 4.69) is 19.1 Å². The molecule has 1 aliphatic heterocycles. The first kappa shape index (κ1) is 18.2. The monoisotopic (exact) mass is 350 g/mol. The van der Waals surface area contributed by atoms with E-state index in [9.17, 15) is 4.79 Å². The number of hydrogen-bond donors (Lipinski definition) is 2. The predicted octanol–water partition coefficient (Wildman–Crippen LogP) is 4.20. The molecule has 0 aromatic heterocycles. The highest BCUT2D eigenvalue weighted by Crippen LogP contribution is 2.44. The number of nitrogens with two attached hydrogens (primary N) is 1. The normalized spacial score (nSPS) is 22.7. The van der Waals surface area contributed by atoms with Crippen molar-refractivity contribution in [1.82, 2.24) is 0 Å². The summed E-state index contributed by atoms with van der Waals surface area (Å²) in [4.78, 5) is 12.5. The number of ether oxygens (including phenoxy) is 1. The molecule has 3 N–H and O–H groups in total. The number of unbranched alkanes of at least 4 members (excludes halogenated alkanes) is 1. The molecule has 2 aromatic carbocycles. The van der Waals surface area contributed by atoms with E-state index >= 15 is 0 Å². The van der Waals surface area contributed by atoms with Gasteiger partial charge in [0.15, 0.2) is 0 Å². The van der Waals surface area contributed by atoms with E-state index in [1.165, 1.54) is 5.56 Å². The lowest BCUT2D eigenvalue weighted by molar-refractivity contribution is -0.156. The molecule has 26 heavy (non-hydrogen) atoms. The minimum Gasteiger partial charge on any atom is -0.465 e. The number of benzene rings is 2. The fraction of sp³-hybridized carbons (Fsp3) is 0.364. The molecule has 136 valence electrons. The molecule has 0 saturated carbocycles. The van der Waals surface area contributed by atoms with Crippen LogP contribution in [0.3, 0.4) is 0 Å². The van der Waals surface area contributed by atoms with E-state index in [0.717, 1.165) is 24.8 Å². The number of hydrogen-bond acceptors (Lipinski definition) is 3. The van der Waals surface area contributed by atoms with E-state index in [1.807, 2.05) is 42.5 Å². The minimum absolute atomic E-state index is 0.0621. The molecule has 1 aliphatic rings. The van der Waals surface area contributed by atoms with Gasteiger partial charge < -0.3 is 10.5 Å². The van der Waals surface area contributed by atoms with Gasteiger partial charge in [0, 0.05) is 17.4 Å². The summed E-state index contributed by atoms with van der Waals surface area (Å²) in [6, 6.07) is 18.0. The van der Waals surface area contributed by atoms with Crippen LogP contribution < -0.4 is 5.73 Å². The molecule has 3 unspecified atom stereocenters. The summed E-state index contributed by atoms with van der Waals surface area (Å²) >= 11 is 0. The molecule has 1 fully saturated rings. The van der Waals surface area contributed by atoms with Gasteiger partial charge in [-0.25, -0.2) is 0 Å². The first-order valence-electron chi connectivity index (χ1n) is 9.27. The Hall–Kier alpha value is -2.62. The van der Waals surface area contributed by atoms with Crippen molar-refractivity contribution in [2.45, 2.75) is 38.0 Å². The first-order valence-corrected chi connectivity index (χ1v) is 9.27. The SMILES string of the molecule is CCCCC1C(=O)OCC(c2ccc(C(=N)N)cc2)C1c1ccccc1. The van der Waals surface area contributed by atoms with Crippen molar-refractivity contribution in [2.24, 2.45) is 11.7 Å². The van der Waals surface area contributed by atoms with Crippen LogP contribution in [-0.4, -0.2) is 18.4 Å². The standard InChI is InChI=1S/C22H26N2O2/c1-2-3-9-18-20(16-7-5-4-6-8-16)19(14-26-22(18)25)15-10-12-17(13-11-15)21(23)24/h4-8,10-13,18-20H,2-3,9,14H2,1H3,(H3,23,24). The van der Waals surface area contributed by atoms with Gasteiger partial charge in [-0.1, -0.05) is 74.4 Å². The smallest absolute Gasteiger partial charge is 0.309 e. The zero-order valence-electron chi connectivity index (χ0n) is 15.2. The molecular formula is C22H26N2O2. The third-order valence-electron chi connectivity index (χ3n) is 5.28. The number of carbonyl (C=O) groups is 1. The van der Waals surface area contributed by atoms with Gasteiger partial charge in [-0.2, -0.15) is 0 Å². The van der Waals surface area contributed by atoms with Gasteiger partial charge in [-0.05, 0) is 17.5 Å². The molecule has 1 saturated heterocycles. The van der Waals surface area contributed by atoms with Crippen LogP contribution >= 0.6 is 0 Å².